The van der Waals surface area contributed by atoms with Crippen LogP contribution in [0.25, 0.3) is 0 Å². The van der Waals surface area contributed by atoms with Crippen LogP contribution in [0, 0.1) is 0 Å². The van der Waals surface area contributed by atoms with Gasteiger partial charge in [-0.15, -0.1) is 0 Å². The van der Waals surface area contributed by atoms with Gasteiger partial charge in [0.05, 0.1) is 19.3 Å². The third-order valence-corrected chi connectivity index (χ3v) is 3.13. The zero-order valence-corrected chi connectivity index (χ0v) is 9.32. The first-order valence-electron chi connectivity index (χ1n) is 5.63. The predicted octanol–water partition coefficient (Wildman–Crippen LogP) is 1.28. The first-order chi connectivity index (χ1) is 7.17. The predicted molar refractivity (Wildman–Crippen MR) is 53.5 cm³/mol. The highest BCUT2D eigenvalue weighted by Crippen LogP contribution is 2.31. The Kier molecular flexibility index (Phi) is 3.09. The Balaban J connectivity index is 1.78. The number of hydrogen-bond acceptors (Lipinski definition) is 4. The van der Waals surface area contributed by atoms with Crippen LogP contribution in [0.4, 0.5) is 0 Å². The molecule has 0 aromatic rings. The number of epoxide rings is 1. The second-order valence-corrected chi connectivity index (χ2v) is 4.19. The Morgan fingerprint density at radius 3 is 2.47 bits per heavy atom. The van der Waals surface area contributed by atoms with Gasteiger partial charge in [0.1, 0.15) is 6.10 Å². The van der Waals surface area contributed by atoms with Crippen LogP contribution in [-0.4, -0.2) is 37.0 Å². The van der Waals surface area contributed by atoms with E-state index in [1.54, 1.807) is 0 Å². The quantitative estimate of drug-likeness (QED) is 0.647. The van der Waals surface area contributed by atoms with E-state index in [0.717, 1.165) is 6.42 Å². The molecule has 0 aromatic heterocycles. The first-order valence-corrected chi connectivity index (χ1v) is 5.63. The van der Waals surface area contributed by atoms with Crippen LogP contribution in [0.15, 0.2) is 0 Å². The number of ketones is 1. The molecular weight excluding hydrogens is 196 g/mol. The minimum Gasteiger partial charge on any atom is -0.362 e. The summed E-state index contributed by atoms with van der Waals surface area (Å²) in [6.45, 7) is 5.21. The number of hydrogen-bond donors (Lipinski definition) is 0. The molecule has 0 unspecified atom stereocenters. The zero-order chi connectivity index (χ0) is 10.9. The van der Waals surface area contributed by atoms with Crippen LogP contribution in [0.5, 0.6) is 0 Å². The number of Topliss-reactive ketones (excluding diaryl/α,β-unsaturated/α-hetero) is 1. The fourth-order valence-electron chi connectivity index (χ4n) is 2.00. The maximum Gasteiger partial charge on any atom is 0.168 e. The molecule has 0 spiro atoms. The van der Waals surface area contributed by atoms with E-state index in [0.29, 0.717) is 26.1 Å². The third kappa shape index (κ3) is 2.38. The van der Waals surface area contributed by atoms with Gasteiger partial charge in [-0.05, 0) is 13.3 Å². The lowest BCUT2D eigenvalue weighted by Crippen LogP contribution is -2.30. The second kappa shape index (κ2) is 4.20. The Hall–Kier alpha value is -0.450. The summed E-state index contributed by atoms with van der Waals surface area (Å²) in [4.78, 5) is 11.6. The van der Waals surface area contributed by atoms with E-state index in [1.165, 1.54) is 0 Å². The molecule has 4 nitrogen and oxygen atoms in total. The van der Waals surface area contributed by atoms with E-state index in [4.69, 9.17) is 14.2 Å². The fourth-order valence-corrected chi connectivity index (χ4v) is 2.00. The molecule has 0 amide bonds. The maximum absolute atomic E-state index is 11.6. The van der Waals surface area contributed by atoms with Crippen molar-refractivity contribution in [1.29, 1.82) is 0 Å². The average molecular weight is 214 g/mol. The summed E-state index contributed by atoms with van der Waals surface area (Å²) in [7, 11) is 0. The Morgan fingerprint density at radius 1 is 1.40 bits per heavy atom. The maximum atomic E-state index is 11.6. The number of carbonyl (C=O) groups is 1. The van der Waals surface area contributed by atoms with Gasteiger partial charge in [-0.25, -0.2) is 0 Å². The molecule has 2 aliphatic heterocycles. The van der Waals surface area contributed by atoms with Crippen LogP contribution in [0.3, 0.4) is 0 Å². The molecule has 15 heavy (non-hydrogen) atoms. The van der Waals surface area contributed by atoms with Crippen molar-refractivity contribution in [2.24, 2.45) is 0 Å². The van der Waals surface area contributed by atoms with E-state index in [-0.39, 0.29) is 18.0 Å². The SMILES string of the molecule is CCC1(CCC(=O)[C@@H]2O[C@H]2C)OCCO1. The minimum atomic E-state index is -0.506. The van der Waals surface area contributed by atoms with Crippen molar-refractivity contribution in [3.8, 4) is 0 Å². The van der Waals surface area contributed by atoms with Crippen molar-refractivity contribution in [2.75, 3.05) is 13.2 Å². The molecule has 2 saturated heterocycles. The van der Waals surface area contributed by atoms with E-state index in [1.807, 2.05) is 13.8 Å². The highest BCUT2D eigenvalue weighted by molar-refractivity contribution is 5.85. The Labute approximate surface area is 89.9 Å². The van der Waals surface area contributed by atoms with E-state index in [2.05, 4.69) is 0 Å². The summed E-state index contributed by atoms with van der Waals surface area (Å²) in [5.74, 6) is -0.331. The van der Waals surface area contributed by atoms with Crippen LogP contribution < -0.4 is 0 Å². The smallest absolute Gasteiger partial charge is 0.168 e. The largest absolute Gasteiger partial charge is 0.362 e. The van der Waals surface area contributed by atoms with Crippen molar-refractivity contribution >= 4 is 5.78 Å². The van der Waals surface area contributed by atoms with Gasteiger partial charge in [-0.1, -0.05) is 6.92 Å². The summed E-state index contributed by atoms with van der Waals surface area (Å²) < 4.78 is 16.2. The summed E-state index contributed by atoms with van der Waals surface area (Å²) in [5.41, 5.74) is 0. The van der Waals surface area contributed by atoms with E-state index >= 15 is 0 Å². The molecule has 0 aromatic carbocycles. The Morgan fingerprint density at radius 2 is 2.00 bits per heavy atom. The fraction of sp³-hybridized carbons (Fsp3) is 0.909. The van der Waals surface area contributed by atoms with E-state index in [9.17, 15) is 4.79 Å². The standard InChI is InChI=1S/C11H18O4/c1-3-11(13-6-7-14-11)5-4-9(12)10-8(2)15-10/h8,10H,3-7H2,1-2H3/t8-,10+/m0/s1. The van der Waals surface area contributed by atoms with Gasteiger partial charge in [0, 0.05) is 12.8 Å². The third-order valence-electron chi connectivity index (χ3n) is 3.13. The van der Waals surface area contributed by atoms with Crippen LogP contribution in [-0.2, 0) is 19.0 Å². The van der Waals surface area contributed by atoms with Crippen molar-refractivity contribution in [1.82, 2.24) is 0 Å². The van der Waals surface area contributed by atoms with Crippen molar-refractivity contribution in [3.63, 3.8) is 0 Å². The molecule has 2 heterocycles. The van der Waals surface area contributed by atoms with E-state index < -0.39 is 5.79 Å². The molecular formula is C11H18O4. The van der Waals surface area contributed by atoms with Crippen LogP contribution in [0.1, 0.15) is 33.1 Å². The van der Waals surface area contributed by atoms with Gasteiger partial charge in [0.15, 0.2) is 11.6 Å². The first kappa shape index (κ1) is 11.0. The lowest BCUT2D eigenvalue weighted by atomic mass is 10.0. The highest BCUT2D eigenvalue weighted by atomic mass is 16.7. The molecule has 4 heteroatoms. The molecule has 2 atom stereocenters. The van der Waals surface area contributed by atoms with Crippen LogP contribution >= 0.6 is 0 Å². The molecule has 0 N–H and O–H groups in total. The van der Waals surface area contributed by atoms with Crippen molar-refractivity contribution in [3.05, 3.63) is 0 Å². The van der Waals surface area contributed by atoms with Crippen molar-refractivity contribution < 1.29 is 19.0 Å². The molecule has 2 fully saturated rings. The van der Waals surface area contributed by atoms with Crippen molar-refractivity contribution in [2.45, 2.75) is 51.1 Å². The topological polar surface area (TPSA) is 48.1 Å². The molecule has 86 valence electrons. The monoisotopic (exact) mass is 214 g/mol. The molecule has 0 aliphatic carbocycles. The van der Waals surface area contributed by atoms with Gasteiger partial charge in [0.2, 0.25) is 0 Å². The summed E-state index contributed by atoms with van der Waals surface area (Å²) >= 11 is 0. The van der Waals surface area contributed by atoms with Gasteiger partial charge in [-0.3, -0.25) is 4.79 Å². The normalized spacial score (nSPS) is 32.9. The van der Waals surface area contributed by atoms with Gasteiger partial charge in [0.25, 0.3) is 0 Å². The molecule has 0 saturated carbocycles. The van der Waals surface area contributed by atoms with Gasteiger partial charge >= 0.3 is 0 Å². The van der Waals surface area contributed by atoms with Crippen LogP contribution in [0.2, 0.25) is 0 Å². The van der Waals surface area contributed by atoms with Gasteiger partial charge in [-0.2, -0.15) is 0 Å². The lowest BCUT2D eigenvalue weighted by molar-refractivity contribution is -0.166. The molecule has 0 radical (unpaired) electrons. The highest BCUT2D eigenvalue weighted by Gasteiger charge is 2.42. The zero-order valence-electron chi connectivity index (χ0n) is 9.32. The molecule has 0 bridgehead atoms. The molecule has 2 aliphatic rings. The summed E-state index contributed by atoms with van der Waals surface area (Å²) in [6.07, 6.45) is 1.87. The number of ether oxygens (including phenoxy) is 3. The number of carbonyl (C=O) groups excluding carboxylic acids is 1. The second-order valence-electron chi connectivity index (χ2n) is 4.19. The van der Waals surface area contributed by atoms with Gasteiger partial charge < -0.3 is 14.2 Å². The number of rotatable bonds is 5. The average Bonchev–Trinajstić information content (AvgIpc) is 2.81. The summed E-state index contributed by atoms with van der Waals surface area (Å²) in [6, 6.07) is 0. The minimum absolute atomic E-state index is 0.112. The summed E-state index contributed by atoms with van der Waals surface area (Å²) in [5, 5.41) is 0. The molecule has 2 rings (SSSR count). The lowest BCUT2D eigenvalue weighted by Gasteiger charge is -2.25. The Bertz CT molecular complexity index is 245.